The van der Waals surface area contributed by atoms with Gasteiger partial charge in [0.2, 0.25) is 0 Å². The van der Waals surface area contributed by atoms with Crippen LogP contribution in [0.1, 0.15) is 70.8 Å². The van der Waals surface area contributed by atoms with E-state index in [1.54, 1.807) is 0 Å². The zero-order chi connectivity index (χ0) is 19.9. The molecule has 3 nitrogen and oxygen atoms in total. The van der Waals surface area contributed by atoms with Gasteiger partial charge < -0.3 is 0 Å². The third-order valence-corrected chi connectivity index (χ3v) is 5.66. The van der Waals surface area contributed by atoms with E-state index in [1.807, 2.05) is 32.0 Å². The van der Waals surface area contributed by atoms with Crippen LogP contribution in [-0.4, -0.2) is 5.06 Å². The lowest BCUT2D eigenvalue weighted by molar-refractivity contribution is -0.293. The van der Waals surface area contributed by atoms with Crippen LogP contribution in [0.15, 0.2) is 54.6 Å². The average molecular weight is 363 g/mol. The van der Waals surface area contributed by atoms with Crippen molar-refractivity contribution in [2.24, 2.45) is 5.41 Å². The van der Waals surface area contributed by atoms with Crippen LogP contribution in [-0.2, 0) is 15.9 Å². The Morgan fingerprint density at radius 1 is 0.926 bits per heavy atom. The molecule has 3 rings (SSSR count). The van der Waals surface area contributed by atoms with Crippen molar-refractivity contribution in [3.05, 3.63) is 71.3 Å². The summed E-state index contributed by atoms with van der Waals surface area (Å²) < 4.78 is 0. The topological polar surface area (TPSA) is 36.3 Å². The first-order chi connectivity index (χ1) is 12.6. The molecule has 1 atom stereocenters. The first-order valence-electron chi connectivity index (χ1n) is 9.63. The van der Waals surface area contributed by atoms with E-state index >= 15 is 0 Å². The molecule has 27 heavy (non-hydrogen) atoms. The Labute approximate surface area is 163 Å². The number of hydrogen-bond donors (Lipinski definition) is 0. The van der Waals surface area contributed by atoms with E-state index in [1.165, 1.54) is 11.1 Å². The molecule has 0 saturated carbocycles. The minimum atomic E-state index is -0.471. The van der Waals surface area contributed by atoms with E-state index in [-0.39, 0.29) is 17.2 Å². The Morgan fingerprint density at radius 3 is 1.89 bits per heavy atom. The van der Waals surface area contributed by atoms with Gasteiger partial charge in [-0.3, -0.25) is 4.84 Å². The van der Waals surface area contributed by atoms with Gasteiger partial charge in [-0.05, 0) is 64.7 Å². The van der Waals surface area contributed by atoms with Crippen LogP contribution in [0.3, 0.4) is 0 Å². The maximum atomic E-state index is 9.58. The average Bonchev–Trinajstić information content (AvgIpc) is 2.79. The van der Waals surface area contributed by atoms with E-state index < -0.39 is 5.41 Å². The molecule has 1 aliphatic rings. The van der Waals surface area contributed by atoms with Gasteiger partial charge in [0, 0.05) is 0 Å². The van der Waals surface area contributed by atoms with Crippen molar-refractivity contribution in [3.8, 4) is 6.07 Å². The Kier molecular flexibility index (Phi) is 4.93. The monoisotopic (exact) mass is 362 g/mol. The summed E-state index contributed by atoms with van der Waals surface area (Å²) in [5.41, 5.74) is 2.70. The van der Waals surface area contributed by atoms with Crippen LogP contribution < -0.4 is 0 Å². The van der Waals surface area contributed by atoms with Gasteiger partial charge >= 0.3 is 0 Å². The summed E-state index contributed by atoms with van der Waals surface area (Å²) >= 11 is 0. The molecule has 1 aliphatic heterocycles. The third kappa shape index (κ3) is 3.52. The standard InChI is InChI=1S/C24H30N2O/c1-22(2,17-25)16-21(18-12-8-7-9-13-18)27-26-23(3,4)19-14-10-11-15-20(19)24(26,5)6/h7-15,21H,16H2,1-6H3. The summed E-state index contributed by atoms with van der Waals surface area (Å²) in [5.74, 6) is 0. The summed E-state index contributed by atoms with van der Waals surface area (Å²) in [6.45, 7) is 12.8. The Bertz CT molecular complexity index is 811. The number of fused-ring (bicyclic) bond motifs is 1. The summed E-state index contributed by atoms with van der Waals surface area (Å²) in [7, 11) is 0. The Morgan fingerprint density at radius 2 is 1.41 bits per heavy atom. The molecule has 2 aromatic rings. The van der Waals surface area contributed by atoms with Crippen molar-refractivity contribution in [3.63, 3.8) is 0 Å². The molecule has 3 heteroatoms. The molecule has 0 aliphatic carbocycles. The molecule has 1 heterocycles. The van der Waals surface area contributed by atoms with E-state index in [9.17, 15) is 5.26 Å². The first kappa shape index (κ1) is 19.6. The lowest BCUT2D eigenvalue weighted by Gasteiger charge is -2.42. The smallest absolute Gasteiger partial charge is 0.106 e. The summed E-state index contributed by atoms with van der Waals surface area (Å²) in [4.78, 5) is 6.73. The normalized spacial score (nSPS) is 19.3. The zero-order valence-corrected chi connectivity index (χ0v) is 17.3. The highest BCUT2D eigenvalue weighted by atomic mass is 16.7. The van der Waals surface area contributed by atoms with Crippen LogP contribution in [0, 0.1) is 16.7 Å². The van der Waals surface area contributed by atoms with Gasteiger partial charge in [-0.1, -0.05) is 54.6 Å². The first-order valence-corrected chi connectivity index (χ1v) is 9.63. The van der Waals surface area contributed by atoms with Crippen LogP contribution in [0.5, 0.6) is 0 Å². The maximum Gasteiger partial charge on any atom is 0.106 e. The predicted molar refractivity (Wildman–Crippen MR) is 109 cm³/mol. The molecule has 0 saturated heterocycles. The van der Waals surface area contributed by atoms with Crippen LogP contribution >= 0.6 is 0 Å². The summed E-state index contributed by atoms with van der Waals surface area (Å²) in [5, 5.41) is 11.7. The van der Waals surface area contributed by atoms with Gasteiger partial charge in [0.1, 0.15) is 6.10 Å². The minimum absolute atomic E-state index is 0.186. The number of rotatable bonds is 5. The van der Waals surface area contributed by atoms with Gasteiger partial charge in [-0.2, -0.15) is 10.3 Å². The van der Waals surface area contributed by atoms with Gasteiger partial charge in [-0.15, -0.1) is 0 Å². The Balaban J connectivity index is 2.00. The number of benzene rings is 2. The van der Waals surface area contributed by atoms with E-state index in [2.05, 4.69) is 75.2 Å². The highest BCUT2D eigenvalue weighted by Crippen LogP contribution is 2.51. The fraction of sp³-hybridized carbons (Fsp3) is 0.458. The van der Waals surface area contributed by atoms with Crippen molar-refractivity contribution in [2.75, 3.05) is 0 Å². The number of hydroxylamine groups is 2. The van der Waals surface area contributed by atoms with Crippen LogP contribution in [0.4, 0.5) is 0 Å². The maximum absolute atomic E-state index is 9.58. The van der Waals surface area contributed by atoms with E-state index in [4.69, 9.17) is 4.84 Å². The molecule has 142 valence electrons. The molecule has 0 spiro atoms. The quantitative estimate of drug-likeness (QED) is 0.646. The van der Waals surface area contributed by atoms with Crippen molar-refractivity contribution >= 4 is 0 Å². The Hall–Kier alpha value is -2.15. The van der Waals surface area contributed by atoms with Crippen molar-refractivity contribution < 1.29 is 4.84 Å². The lowest BCUT2D eigenvalue weighted by atomic mass is 9.86. The molecular weight excluding hydrogens is 332 g/mol. The molecule has 0 fully saturated rings. The van der Waals surface area contributed by atoms with Crippen molar-refractivity contribution in [1.82, 2.24) is 5.06 Å². The summed E-state index contributed by atoms with van der Waals surface area (Å²) in [6, 6.07) is 21.2. The molecule has 1 unspecified atom stereocenters. The zero-order valence-electron chi connectivity index (χ0n) is 17.3. The fourth-order valence-corrected chi connectivity index (χ4v) is 4.25. The van der Waals surface area contributed by atoms with Gasteiger partial charge in [0.15, 0.2) is 0 Å². The molecule has 0 N–H and O–H groups in total. The minimum Gasteiger partial charge on any atom is -0.289 e. The predicted octanol–water partition coefficient (Wildman–Crippen LogP) is 6.09. The SMILES string of the molecule is CC(C)(C#N)CC(ON1C(C)(C)c2ccccc2C1(C)C)c1ccccc1. The molecule has 0 aromatic heterocycles. The molecule has 0 amide bonds. The molecular formula is C24H30N2O. The van der Waals surface area contributed by atoms with Crippen LogP contribution in [0.25, 0.3) is 0 Å². The highest BCUT2D eigenvalue weighted by molar-refractivity contribution is 5.42. The number of hydrogen-bond acceptors (Lipinski definition) is 3. The number of nitrogens with zero attached hydrogens (tertiary/aromatic N) is 2. The van der Waals surface area contributed by atoms with Gasteiger partial charge in [0.25, 0.3) is 0 Å². The fourth-order valence-electron chi connectivity index (χ4n) is 4.25. The van der Waals surface area contributed by atoms with E-state index in [0.29, 0.717) is 6.42 Å². The largest absolute Gasteiger partial charge is 0.289 e. The number of nitriles is 1. The second kappa shape index (κ2) is 6.78. The second-order valence-electron chi connectivity index (χ2n) is 9.16. The highest BCUT2D eigenvalue weighted by Gasteiger charge is 2.51. The van der Waals surface area contributed by atoms with Gasteiger partial charge in [0.05, 0.1) is 22.6 Å². The lowest BCUT2D eigenvalue weighted by Crippen LogP contribution is -2.46. The third-order valence-electron chi connectivity index (χ3n) is 5.66. The molecule has 2 aromatic carbocycles. The van der Waals surface area contributed by atoms with Crippen LogP contribution in [0.2, 0.25) is 0 Å². The molecule has 0 radical (unpaired) electrons. The van der Waals surface area contributed by atoms with Gasteiger partial charge in [-0.25, -0.2) is 0 Å². The van der Waals surface area contributed by atoms with Crippen molar-refractivity contribution in [1.29, 1.82) is 5.26 Å². The summed E-state index contributed by atoms with van der Waals surface area (Å²) in [6.07, 6.45) is 0.445. The molecule has 0 bridgehead atoms. The van der Waals surface area contributed by atoms with Crippen molar-refractivity contribution in [2.45, 2.75) is 65.1 Å². The second-order valence-corrected chi connectivity index (χ2v) is 9.16. The van der Waals surface area contributed by atoms with E-state index in [0.717, 1.165) is 5.56 Å².